The molecule has 1 aliphatic carbocycles. The van der Waals surface area contributed by atoms with Crippen LogP contribution in [0.5, 0.6) is 0 Å². The number of β-amino-alcohol motifs (C(OH)–C–C–N with tert-alkyl or cyclic N) is 1. The lowest BCUT2D eigenvalue weighted by molar-refractivity contribution is -0.136. The number of carbonyl (C=O) groups is 1. The summed E-state index contributed by atoms with van der Waals surface area (Å²) in [6.07, 6.45) is 2.75. The van der Waals surface area contributed by atoms with Gasteiger partial charge in [0, 0.05) is 32.1 Å². The minimum atomic E-state index is -3.82. The number of likely N-dealkylation sites (N-methyl/N-ethyl adjacent to an activating group) is 1. The van der Waals surface area contributed by atoms with Crippen LogP contribution in [0.2, 0.25) is 0 Å². The zero-order valence-electron chi connectivity index (χ0n) is 24.4. The van der Waals surface area contributed by atoms with Gasteiger partial charge in [0.2, 0.25) is 10.0 Å². The summed E-state index contributed by atoms with van der Waals surface area (Å²) in [6.45, 7) is 6.46. The summed E-state index contributed by atoms with van der Waals surface area (Å²) in [7, 11) is -2.33. The van der Waals surface area contributed by atoms with E-state index in [0.717, 1.165) is 41.5 Å². The second-order valence-electron chi connectivity index (χ2n) is 12.0. The van der Waals surface area contributed by atoms with Crippen LogP contribution in [0.1, 0.15) is 48.9 Å². The molecule has 1 aliphatic rings. The lowest BCUT2D eigenvalue weighted by Crippen LogP contribution is -2.47. The molecular weight excluding hydrogens is 536 g/mol. The second-order valence-corrected chi connectivity index (χ2v) is 14.1. The fourth-order valence-electron chi connectivity index (χ4n) is 5.86. The maximum atomic E-state index is 13.4. The van der Waals surface area contributed by atoms with Crippen LogP contribution in [0.15, 0.2) is 71.6 Å². The van der Waals surface area contributed by atoms with Gasteiger partial charge in [0.1, 0.15) is 0 Å². The van der Waals surface area contributed by atoms with Crippen molar-refractivity contribution in [1.29, 1.82) is 0 Å². The molecule has 0 saturated carbocycles. The summed E-state index contributed by atoms with van der Waals surface area (Å²) in [5.74, 6) is -0.289. The van der Waals surface area contributed by atoms with Crippen LogP contribution in [0, 0.1) is 12.8 Å². The molecule has 0 radical (unpaired) electrons. The summed E-state index contributed by atoms with van der Waals surface area (Å²) >= 11 is 0. The molecule has 1 atom stereocenters. The van der Waals surface area contributed by atoms with Crippen molar-refractivity contribution in [3.8, 4) is 11.1 Å². The minimum Gasteiger partial charge on any atom is -0.481 e. The molecule has 3 aromatic carbocycles. The molecule has 3 N–H and O–H groups in total. The van der Waals surface area contributed by atoms with Gasteiger partial charge in [0.15, 0.2) is 0 Å². The van der Waals surface area contributed by atoms with Crippen molar-refractivity contribution < 1.29 is 23.4 Å². The number of carboxylic acids is 1. The molecule has 0 amide bonds. The van der Waals surface area contributed by atoms with Crippen LogP contribution in [-0.4, -0.2) is 60.7 Å². The predicted molar refractivity (Wildman–Crippen MR) is 162 cm³/mol. The first-order chi connectivity index (χ1) is 19.3. The van der Waals surface area contributed by atoms with E-state index >= 15 is 0 Å². The number of carboxylic acid groups (broad SMARTS) is 1. The van der Waals surface area contributed by atoms with Gasteiger partial charge in [0.25, 0.3) is 0 Å². The molecule has 4 rings (SSSR count). The van der Waals surface area contributed by atoms with Crippen LogP contribution in [0.4, 0.5) is 0 Å². The van der Waals surface area contributed by atoms with E-state index in [4.69, 9.17) is 5.11 Å². The summed E-state index contributed by atoms with van der Waals surface area (Å²) in [5, 5.41) is 23.2. The molecule has 0 spiro atoms. The average molecular weight is 579 g/mol. The van der Waals surface area contributed by atoms with Crippen LogP contribution < -0.4 is 5.32 Å². The highest BCUT2D eigenvalue weighted by atomic mass is 32.2. The first kappa shape index (κ1) is 30.9. The summed E-state index contributed by atoms with van der Waals surface area (Å²) in [5.41, 5.74) is 6.19. The van der Waals surface area contributed by atoms with E-state index in [-0.39, 0.29) is 23.4 Å². The number of rotatable bonds is 13. The first-order valence-electron chi connectivity index (χ1n) is 14.2. The number of nitrogens with zero attached hydrogens (tertiary/aromatic N) is 1. The zero-order chi connectivity index (χ0) is 29.8. The Hall–Kier alpha value is -3.04. The highest BCUT2D eigenvalue weighted by molar-refractivity contribution is 7.89. The largest absolute Gasteiger partial charge is 0.481 e. The molecule has 1 unspecified atom stereocenters. The molecule has 41 heavy (non-hydrogen) atoms. The van der Waals surface area contributed by atoms with Gasteiger partial charge >= 0.3 is 5.97 Å². The van der Waals surface area contributed by atoms with Crippen molar-refractivity contribution in [2.45, 2.75) is 69.4 Å². The van der Waals surface area contributed by atoms with Crippen molar-refractivity contribution in [2.75, 3.05) is 20.1 Å². The fraction of sp³-hybridized carbons (Fsp3) is 0.424. The summed E-state index contributed by atoms with van der Waals surface area (Å²) in [6, 6.07) is 21.1. The Labute approximate surface area is 244 Å². The van der Waals surface area contributed by atoms with E-state index in [1.54, 1.807) is 18.2 Å². The van der Waals surface area contributed by atoms with Gasteiger partial charge in [-0.1, -0.05) is 54.6 Å². The lowest BCUT2D eigenvalue weighted by atomic mass is 9.88. The molecule has 0 bridgehead atoms. The Morgan fingerprint density at radius 1 is 1.02 bits per heavy atom. The predicted octanol–water partition coefficient (Wildman–Crippen LogP) is 4.83. The number of nitrogens with one attached hydrogen (secondary N) is 1. The van der Waals surface area contributed by atoms with Gasteiger partial charge in [-0.2, -0.15) is 4.31 Å². The van der Waals surface area contributed by atoms with Crippen molar-refractivity contribution in [3.63, 3.8) is 0 Å². The van der Waals surface area contributed by atoms with Crippen molar-refractivity contribution in [1.82, 2.24) is 9.62 Å². The maximum Gasteiger partial charge on any atom is 0.303 e. The molecule has 0 fully saturated rings. The van der Waals surface area contributed by atoms with Crippen LogP contribution >= 0.6 is 0 Å². The van der Waals surface area contributed by atoms with Gasteiger partial charge < -0.3 is 15.5 Å². The van der Waals surface area contributed by atoms with E-state index in [0.29, 0.717) is 18.9 Å². The number of aliphatic hydroxyl groups is 1. The number of benzene rings is 3. The van der Waals surface area contributed by atoms with E-state index < -0.39 is 22.1 Å². The maximum absolute atomic E-state index is 13.4. The number of aryl methyl sites for hydroxylation is 2. The van der Waals surface area contributed by atoms with E-state index in [9.17, 15) is 18.3 Å². The minimum absolute atomic E-state index is 0.0259. The Bertz CT molecular complexity index is 1460. The standard InChI is InChI=1S/C33H42N2O5S/c1-23-16-29(13-12-25(23)14-15-32(37)38)28-10-7-11-31(19-28)41(39,40)35(4)22-30(36)21-34-33(2,3)20-24-17-26-8-5-6-9-27(26)18-24/h5-13,16,19,24,30,34,36H,14-15,17-18,20-22H2,1-4H3,(H,37,38). The molecule has 7 nitrogen and oxygen atoms in total. The zero-order valence-corrected chi connectivity index (χ0v) is 25.2. The molecule has 0 aliphatic heterocycles. The molecule has 220 valence electrons. The van der Waals surface area contributed by atoms with Gasteiger partial charge in [-0.3, -0.25) is 4.79 Å². The lowest BCUT2D eigenvalue weighted by Gasteiger charge is -2.31. The first-order valence-corrected chi connectivity index (χ1v) is 15.7. The Morgan fingerprint density at radius 3 is 2.32 bits per heavy atom. The van der Waals surface area contributed by atoms with Gasteiger partial charge in [-0.15, -0.1) is 0 Å². The molecule has 0 saturated heterocycles. The number of hydrogen-bond acceptors (Lipinski definition) is 5. The van der Waals surface area contributed by atoms with Crippen molar-refractivity contribution >= 4 is 16.0 Å². The third-order valence-electron chi connectivity index (χ3n) is 8.04. The Balaban J connectivity index is 1.34. The van der Waals surface area contributed by atoms with Crippen LogP contribution in [0.3, 0.4) is 0 Å². The average Bonchev–Trinajstić information content (AvgIpc) is 3.32. The van der Waals surface area contributed by atoms with E-state index in [1.807, 2.05) is 31.2 Å². The van der Waals surface area contributed by atoms with Crippen LogP contribution in [0.25, 0.3) is 11.1 Å². The highest BCUT2D eigenvalue weighted by Crippen LogP contribution is 2.32. The molecule has 0 heterocycles. The Morgan fingerprint density at radius 2 is 1.68 bits per heavy atom. The monoisotopic (exact) mass is 578 g/mol. The highest BCUT2D eigenvalue weighted by Gasteiger charge is 2.29. The van der Waals surface area contributed by atoms with Crippen molar-refractivity contribution in [3.05, 3.63) is 89.0 Å². The van der Waals surface area contributed by atoms with E-state index in [1.165, 1.54) is 22.5 Å². The van der Waals surface area contributed by atoms with Gasteiger partial charge in [-0.25, -0.2) is 8.42 Å². The topological polar surface area (TPSA) is 107 Å². The number of fused-ring (bicyclic) bond motifs is 1. The second kappa shape index (κ2) is 12.9. The molecular formula is C33H42N2O5S. The number of hydrogen-bond donors (Lipinski definition) is 3. The van der Waals surface area contributed by atoms with Gasteiger partial charge in [0.05, 0.1) is 11.0 Å². The molecule has 3 aromatic rings. The summed E-state index contributed by atoms with van der Waals surface area (Å²) < 4.78 is 28.0. The van der Waals surface area contributed by atoms with Crippen LogP contribution in [-0.2, 0) is 34.1 Å². The fourth-order valence-corrected chi connectivity index (χ4v) is 7.11. The summed E-state index contributed by atoms with van der Waals surface area (Å²) in [4.78, 5) is 11.1. The normalized spacial score (nSPS) is 14.8. The Kier molecular flexibility index (Phi) is 9.70. The number of aliphatic carboxylic acids is 1. The van der Waals surface area contributed by atoms with Gasteiger partial charge in [-0.05, 0) is 97.9 Å². The smallest absolute Gasteiger partial charge is 0.303 e. The quantitative estimate of drug-likeness (QED) is 0.268. The van der Waals surface area contributed by atoms with E-state index in [2.05, 4.69) is 43.4 Å². The SMILES string of the molecule is Cc1cc(-c2cccc(S(=O)(=O)N(C)CC(O)CNC(C)(C)CC3Cc4ccccc4C3)c2)ccc1CCC(=O)O. The number of sulfonamides is 1. The third kappa shape index (κ3) is 8.04. The molecule has 8 heteroatoms. The molecule has 0 aromatic heterocycles. The third-order valence-corrected chi connectivity index (χ3v) is 9.86. The number of aliphatic hydroxyl groups excluding tert-OH is 1. The van der Waals surface area contributed by atoms with Crippen molar-refractivity contribution in [2.24, 2.45) is 5.92 Å².